The van der Waals surface area contributed by atoms with E-state index in [1.54, 1.807) is 12.0 Å². The molecule has 0 aromatic carbocycles. The Hall–Kier alpha value is -1.63. The lowest BCUT2D eigenvalue weighted by atomic mass is 10.2. The van der Waals surface area contributed by atoms with E-state index >= 15 is 0 Å². The van der Waals surface area contributed by atoms with Crippen molar-refractivity contribution in [3.05, 3.63) is 0 Å². The summed E-state index contributed by atoms with van der Waals surface area (Å²) in [6, 6.07) is 0. The van der Waals surface area contributed by atoms with Crippen LogP contribution >= 0.6 is 0 Å². The molecule has 96 valence electrons. The van der Waals surface area contributed by atoms with Crippen LogP contribution in [0.1, 0.15) is 6.92 Å². The Labute approximate surface area is 101 Å². The summed E-state index contributed by atoms with van der Waals surface area (Å²) < 4.78 is 5.05. The van der Waals surface area contributed by atoms with Crippen LogP contribution in [-0.4, -0.2) is 49.3 Å². The molecule has 7 nitrogen and oxygen atoms in total. The molecule has 0 aliphatic heterocycles. The minimum absolute atomic E-state index is 0.214. The fourth-order valence-electron chi connectivity index (χ4n) is 1.27. The van der Waals surface area contributed by atoms with Gasteiger partial charge in [0.2, 0.25) is 17.8 Å². The SMILES string of the molecule is COCC(C)CNc1nc(N)nc(N(C)C)n1. The topological polar surface area (TPSA) is 89.2 Å². The number of nitrogens with one attached hydrogen (secondary N) is 1. The summed E-state index contributed by atoms with van der Waals surface area (Å²) in [5.41, 5.74) is 5.61. The van der Waals surface area contributed by atoms with Gasteiger partial charge in [-0.1, -0.05) is 6.92 Å². The van der Waals surface area contributed by atoms with Gasteiger partial charge in [0.05, 0.1) is 6.61 Å². The molecule has 0 fully saturated rings. The number of nitrogens with two attached hydrogens (primary N) is 1. The summed E-state index contributed by atoms with van der Waals surface area (Å²) in [4.78, 5) is 14.1. The minimum atomic E-state index is 0.214. The molecule has 1 heterocycles. The number of methoxy groups -OCH3 is 1. The van der Waals surface area contributed by atoms with Crippen molar-refractivity contribution in [1.82, 2.24) is 15.0 Å². The Morgan fingerprint density at radius 2 is 2.06 bits per heavy atom. The molecule has 0 bridgehead atoms. The van der Waals surface area contributed by atoms with Crippen molar-refractivity contribution < 1.29 is 4.74 Å². The number of hydrogen-bond acceptors (Lipinski definition) is 7. The number of anilines is 3. The van der Waals surface area contributed by atoms with Gasteiger partial charge in [-0.2, -0.15) is 15.0 Å². The number of aromatic nitrogens is 3. The van der Waals surface area contributed by atoms with E-state index in [0.29, 0.717) is 24.4 Å². The number of hydrogen-bond donors (Lipinski definition) is 2. The van der Waals surface area contributed by atoms with Crippen molar-refractivity contribution in [2.45, 2.75) is 6.92 Å². The maximum absolute atomic E-state index is 5.61. The Kier molecular flexibility index (Phi) is 4.89. The quantitative estimate of drug-likeness (QED) is 0.734. The highest BCUT2D eigenvalue weighted by atomic mass is 16.5. The first-order valence-electron chi connectivity index (χ1n) is 5.44. The minimum Gasteiger partial charge on any atom is -0.384 e. The van der Waals surface area contributed by atoms with E-state index in [0.717, 1.165) is 6.54 Å². The molecule has 7 heteroatoms. The fraction of sp³-hybridized carbons (Fsp3) is 0.700. The molecular weight excluding hydrogens is 220 g/mol. The second-order valence-electron chi connectivity index (χ2n) is 4.15. The lowest BCUT2D eigenvalue weighted by molar-refractivity contribution is 0.164. The predicted octanol–water partition coefficient (Wildman–Crippen LogP) is 0.214. The predicted molar refractivity (Wildman–Crippen MR) is 68.1 cm³/mol. The van der Waals surface area contributed by atoms with Crippen LogP contribution in [0, 0.1) is 5.92 Å². The highest BCUT2D eigenvalue weighted by Crippen LogP contribution is 2.09. The van der Waals surface area contributed by atoms with Crippen LogP contribution in [0.3, 0.4) is 0 Å². The molecular formula is C10H20N6O. The average molecular weight is 240 g/mol. The number of rotatable bonds is 6. The molecule has 0 aliphatic carbocycles. The molecule has 0 radical (unpaired) electrons. The zero-order valence-corrected chi connectivity index (χ0v) is 10.8. The molecule has 0 spiro atoms. The van der Waals surface area contributed by atoms with Crippen molar-refractivity contribution in [3.8, 4) is 0 Å². The van der Waals surface area contributed by atoms with Crippen LogP contribution in [0.15, 0.2) is 0 Å². The molecule has 1 unspecified atom stereocenters. The van der Waals surface area contributed by atoms with Crippen LogP contribution in [0.25, 0.3) is 0 Å². The van der Waals surface area contributed by atoms with Crippen LogP contribution in [0.4, 0.5) is 17.8 Å². The summed E-state index contributed by atoms with van der Waals surface area (Å²) in [7, 11) is 5.39. The number of nitrogens with zero attached hydrogens (tertiary/aromatic N) is 4. The van der Waals surface area contributed by atoms with Gasteiger partial charge in [-0.15, -0.1) is 0 Å². The van der Waals surface area contributed by atoms with Crippen molar-refractivity contribution >= 4 is 17.8 Å². The largest absolute Gasteiger partial charge is 0.384 e. The summed E-state index contributed by atoms with van der Waals surface area (Å²) >= 11 is 0. The van der Waals surface area contributed by atoms with E-state index in [1.807, 2.05) is 14.1 Å². The summed E-state index contributed by atoms with van der Waals surface area (Å²) in [5, 5.41) is 3.12. The van der Waals surface area contributed by atoms with Crippen LogP contribution in [0.2, 0.25) is 0 Å². The zero-order chi connectivity index (χ0) is 12.8. The second kappa shape index (κ2) is 6.19. The van der Waals surface area contributed by atoms with Crippen molar-refractivity contribution in [1.29, 1.82) is 0 Å². The summed E-state index contributed by atoms with van der Waals surface area (Å²) in [5.74, 6) is 1.62. The van der Waals surface area contributed by atoms with Gasteiger partial charge in [0.25, 0.3) is 0 Å². The Balaban J connectivity index is 2.64. The Bertz CT molecular complexity index is 357. The van der Waals surface area contributed by atoms with E-state index in [9.17, 15) is 0 Å². The zero-order valence-electron chi connectivity index (χ0n) is 10.8. The monoisotopic (exact) mass is 240 g/mol. The van der Waals surface area contributed by atoms with Gasteiger partial charge in [0.1, 0.15) is 0 Å². The Morgan fingerprint density at radius 1 is 1.35 bits per heavy atom. The standard InChI is InChI=1S/C10H20N6O/c1-7(6-17-4)5-12-9-13-8(11)14-10(15-9)16(2)3/h7H,5-6H2,1-4H3,(H3,11,12,13,14,15). The van der Waals surface area contributed by atoms with Gasteiger partial charge in [-0.3, -0.25) is 0 Å². The maximum Gasteiger partial charge on any atom is 0.231 e. The lowest BCUT2D eigenvalue weighted by Crippen LogP contribution is -2.20. The van der Waals surface area contributed by atoms with E-state index in [4.69, 9.17) is 10.5 Å². The fourth-order valence-corrected chi connectivity index (χ4v) is 1.27. The third-order valence-corrected chi connectivity index (χ3v) is 2.10. The van der Waals surface area contributed by atoms with Crippen LogP contribution < -0.4 is 16.0 Å². The summed E-state index contributed by atoms with van der Waals surface area (Å²) in [6.45, 7) is 3.49. The third kappa shape index (κ3) is 4.39. The molecule has 1 aromatic heterocycles. The second-order valence-corrected chi connectivity index (χ2v) is 4.15. The van der Waals surface area contributed by atoms with Crippen molar-refractivity contribution in [2.24, 2.45) is 5.92 Å². The van der Waals surface area contributed by atoms with E-state index in [-0.39, 0.29) is 5.95 Å². The van der Waals surface area contributed by atoms with Gasteiger partial charge in [-0.25, -0.2) is 0 Å². The molecule has 3 N–H and O–H groups in total. The third-order valence-electron chi connectivity index (χ3n) is 2.10. The molecule has 1 atom stereocenters. The first-order valence-corrected chi connectivity index (χ1v) is 5.44. The molecule has 0 amide bonds. The highest BCUT2D eigenvalue weighted by Gasteiger charge is 2.07. The van der Waals surface area contributed by atoms with Gasteiger partial charge in [-0.05, 0) is 5.92 Å². The van der Waals surface area contributed by atoms with E-state index in [2.05, 4.69) is 27.2 Å². The smallest absolute Gasteiger partial charge is 0.231 e. The van der Waals surface area contributed by atoms with Crippen LogP contribution in [0.5, 0.6) is 0 Å². The number of ether oxygens (including phenoxy) is 1. The molecule has 17 heavy (non-hydrogen) atoms. The molecule has 0 aliphatic rings. The van der Waals surface area contributed by atoms with E-state index in [1.165, 1.54) is 0 Å². The first-order chi connectivity index (χ1) is 8.02. The van der Waals surface area contributed by atoms with Gasteiger partial charge in [0.15, 0.2) is 0 Å². The van der Waals surface area contributed by atoms with Crippen molar-refractivity contribution in [2.75, 3.05) is 50.3 Å². The molecule has 0 saturated heterocycles. The first kappa shape index (κ1) is 13.4. The highest BCUT2D eigenvalue weighted by molar-refractivity contribution is 5.40. The van der Waals surface area contributed by atoms with Gasteiger partial charge < -0.3 is 20.7 Å². The average Bonchev–Trinajstić information content (AvgIpc) is 2.26. The normalized spacial score (nSPS) is 12.2. The lowest BCUT2D eigenvalue weighted by Gasteiger charge is -2.14. The molecule has 1 aromatic rings. The summed E-state index contributed by atoms with van der Waals surface area (Å²) in [6.07, 6.45) is 0. The van der Waals surface area contributed by atoms with E-state index < -0.39 is 0 Å². The molecule has 1 rings (SSSR count). The van der Waals surface area contributed by atoms with Gasteiger partial charge >= 0.3 is 0 Å². The maximum atomic E-state index is 5.61. The van der Waals surface area contributed by atoms with Gasteiger partial charge in [0, 0.05) is 27.7 Å². The number of nitrogen functional groups attached to an aromatic ring is 1. The Morgan fingerprint density at radius 3 is 2.65 bits per heavy atom. The van der Waals surface area contributed by atoms with Crippen molar-refractivity contribution in [3.63, 3.8) is 0 Å². The molecule has 0 saturated carbocycles. The van der Waals surface area contributed by atoms with Crippen LogP contribution in [-0.2, 0) is 4.74 Å².